The summed E-state index contributed by atoms with van der Waals surface area (Å²) >= 11 is 3.98. The molecule has 53 heavy (non-hydrogen) atoms. The molecule has 0 aliphatic carbocycles. The van der Waals surface area contributed by atoms with Crippen molar-refractivity contribution in [1.82, 2.24) is 5.32 Å². The molecule has 0 heterocycles. The van der Waals surface area contributed by atoms with Crippen LogP contribution in [0.15, 0.2) is 0 Å². The van der Waals surface area contributed by atoms with Crippen LogP contribution in [0.1, 0.15) is 200 Å². The Morgan fingerprint density at radius 3 is 1.40 bits per heavy atom. The van der Waals surface area contributed by atoms with Crippen LogP contribution >= 0.6 is 20.5 Å². The molecular formula is C40H77NNaO9PS. The molecule has 10 nitrogen and oxygen atoms in total. The molecule has 0 spiro atoms. The van der Waals surface area contributed by atoms with Crippen LogP contribution in [0.5, 0.6) is 0 Å². The molecule has 1 unspecified atom stereocenters. The van der Waals surface area contributed by atoms with E-state index in [0.717, 1.165) is 32.1 Å². The Kier molecular flexibility index (Phi) is 43.0. The van der Waals surface area contributed by atoms with Crippen LogP contribution in [0, 0.1) is 0 Å². The second-order valence-corrected chi connectivity index (χ2v) is 16.0. The van der Waals surface area contributed by atoms with Crippen molar-refractivity contribution in [3.8, 4) is 0 Å². The first kappa shape index (κ1) is 55.0. The first-order valence-corrected chi connectivity index (χ1v) is 23.2. The Bertz CT molecular complexity index is 902. The number of nitrogens with one attached hydrogen (secondary N) is 1. The standard InChI is InChI=1S/C40H78NO9PS.Na/c1-3-5-7-9-11-13-15-17-19-21-23-25-27-29-39(43)47-35-37(36-49-51(45,46)48-33-32-41-38(42)31-34-52)50-40(44)30-28-26-24-22-20-18-16-14-12-10-8-6-4-2;/h37,52H,3-36H2,1-2H3,(H,41,42)(H,45,46);/q;+1/p-1/t37-;/m1./s1. The van der Waals surface area contributed by atoms with Gasteiger partial charge in [0.1, 0.15) is 6.61 Å². The molecule has 308 valence electrons. The number of phosphoric ester groups is 1. The maximum Gasteiger partial charge on any atom is 1.00 e. The van der Waals surface area contributed by atoms with Crippen molar-refractivity contribution >= 4 is 38.3 Å². The Labute approximate surface area is 351 Å². The van der Waals surface area contributed by atoms with Gasteiger partial charge in [-0.05, 0) is 18.6 Å². The summed E-state index contributed by atoms with van der Waals surface area (Å²) in [6.45, 7) is 3.31. The fourth-order valence-corrected chi connectivity index (χ4v) is 6.88. The third-order valence-electron chi connectivity index (χ3n) is 9.13. The van der Waals surface area contributed by atoms with E-state index in [4.69, 9.17) is 18.5 Å². The van der Waals surface area contributed by atoms with Gasteiger partial charge >= 0.3 is 41.5 Å². The summed E-state index contributed by atoms with van der Waals surface area (Å²) in [6, 6.07) is 0. The maximum atomic E-state index is 12.6. The molecule has 0 bridgehead atoms. The van der Waals surface area contributed by atoms with Crippen molar-refractivity contribution < 1.29 is 71.9 Å². The molecular weight excluding hydrogens is 724 g/mol. The fourth-order valence-electron chi connectivity index (χ4n) is 5.94. The summed E-state index contributed by atoms with van der Waals surface area (Å²) in [5.41, 5.74) is 0. The van der Waals surface area contributed by atoms with Gasteiger partial charge in [0.2, 0.25) is 5.91 Å². The molecule has 2 atom stereocenters. The number of hydrogen-bond donors (Lipinski definition) is 2. The number of thiol groups is 1. The largest absolute Gasteiger partial charge is 1.00 e. The first-order chi connectivity index (χ1) is 25.2. The van der Waals surface area contributed by atoms with Crippen molar-refractivity contribution in [3.05, 3.63) is 0 Å². The molecule has 1 N–H and O–H groups in total. The van der Waals surface area contributed by atoms with Gasteiger partial charge in [-0.15, -0.1) is 0 Å². The van der Waals surface area contributed by atoms with Crippen molar-refractivity contribution in [2.75, 3.05) is 32.1 Å². The normalized spacial score (nSPS) is 12.8. The number of phosphoric acid groups is 1. The van der Waals surface area contributed by atoms with Gasteiger partial charge in [0, 0.05) is 25.8 Å². The van der Waals surface area contributed by atoms with E-state index in [9.17, 15) is 23.8 Å². The smallest absolute Gasteiger partial charge is 0.756 e. The van der Waals surface area contributed by atoms with Gasteiger partial charge in [0.25, 0.3) is 7.82 Å². The molecule has 0 aromatic carbocycles. The van der Waals surface area contributed by atoms with Gasteiger partial charge in [-0.25, -0.2) is 0 Å². The molecule has 0 saturated heterocycles. The molecule has 0 radical (unpaired) electrons. The van der Waals surface area contributed by atoms with Gasteiger partial charge < -0.3 is 28.7 Å². The van der Waals surface area contributed by atoms with Crippen LogP contribution in [-0.2, 0) is 37.5 Å². The number of carbonyl (C=O) groups excluding carboxylic acids is 3. The van der Waals surface area contributed by atoms with E-state index in [1.54, 1.807) is 0 Å². The van der Waals surface area contributed by atoms with Crippen LogP contribution in [0.3, 0.4) is 0 Å². The van der Waals surface area contributed by atoms with Crippen LogP contribution in [0.2, 0.25) is 0 Å². The fraction of sp³-hybridized carbons (Fsp3) is 0.925. The number of amides is 1. The van der Waals surface area contributed by atoms with Crippen molar-refractivity contribution in [2.45, 2.75) is 206 Å². The second kappa shape index (κ2) is 41.5. The molecule has 0 aliphatic rings. The third kappa shape index (κ3) is 41.3. The summed E-state index contributed by atoms with van der Waals surface area (Å²) < 4.78 is 32.9. The maximum absolute atomic E-state index is 12.6. The van der Waals surface area contributed by atoms with Gasteiger partial charge in [-0.1, -0.05) is 168 Å². The minimum absolute atomic E-state index is 0. The van der Waals surface area contributed by atoms with E-state index in [1.165, 1.54) is 122 Å². The molecule has 0 aromatic rings. The number of carbonyl (C=O) groups is 3. The predicted molar refractivity (Wildman–Crippen MR) is 212 cm³/mol. The minimum Gasteiger partial charge on any atom is -0.756 e. The summed E-state index contributed by atoms with van der Waals surface area (Å²) in [7, 11) is -4.76. The zero-order chi connectivity index (χ0) is 38.4. The minimum atomic E-state index is -4.76. The number of rotatable bonds is 40. The van der Waals surface area contributed by atoms with Gasteiger partial charge in [-0.2, -0.15) is 12.6 Å². The number of ether oxygens (including phenoxy) is 2. The Balaban J connectivity index is 0. The molecule has 0 aromatic heterocycles. The monoisotopic (exact) mass is 801 g/mol. The van der Waals surface area contributed by atoms with E-state index in [0.29, 0.717) is 18.6 Å². The van der Waals surface area contributed by atoms with Crippen molar-refractivity contribution in [1.29, 1.82) is 0 Å². The zero-order valence-electron chi connectivity index (χ0n) is 34.2. The molecule has 0 rings (SSSR count). The van der Waals surface area contributed by atoms with Crippen molar-refractivity contribution in [3.63, 3.8) is 0 Å². The summed E-state index contributed by atoms with van der Waals surface area (Å²) in [5, 5.41) is 2.52. The van der Waals surface area contributed by atoms with Gasteiger partial charge in [0.05, 0.1) is 13.2 Å². The molecule has 0 aliphatic heterocycles. The molecule has 13 heteroatoms. The number of unbranched alkanes of at least 4 members (excludes halogenated alkanes) is 24. The van der Waals surface area contributed by atoms with Crippen LogP contribution in [-0.4, -0.2) is 56.1 Å². The quantitative estimate of drug-likeness (QED) is 0.0214. The predicted octanol–water partition coefficient (Wildman–Crippen LogP) is 7.35. The number of esters is 2. The van der Waals surface area contributed by atoms with E-state index in [-0.39, 0.29) is 74.5 Å². The Morgan fingerprint density at radius 1 is 0.585 bits per heavy atom. The summed E-state index contributed by atoms with van der Waals surface area (Å²) in [6.07, 6.45) is 30.8. The average molecular weight is 802 g/mol. The van der Waals surface area contributed by atoms with E-state index in [2.05, 4.69) is 31.8 Å². The van der Waals surface area contributed by atoms with E-state index in [1.807, 2.05) is 0 Å². The van der Waals surface area contributed by atoms with Crippen LogP contribution < -0.4 is 39.8 Å². The SMILES string of the molecule is CCCCCCCCCCCCCCCC(=O)OC[C@H](COP(=O)([O-])OCCNC(=O)CCS)OC(=O)CCCCCCCCCCCCCCC.[Na+]. The first-order valence-electron chi connectivity index (χ1n) is 21.1. The van der Waals surface area contributed by atoms with Crippen LogP contribution in [0.4, 0.5) is 0 Å². The van der Waals surface area contributed by atoms with E-state index >= 15 is 0 Å². The average Bonchev–Trinajstić information content (AvgIpc) is 3.12. The van der Waals surface area contributed by atoms with Crippen molar-refractivity contribution in [2.24, 2.45) is 0 Å². The summed E-state index contributed by atoms with van der Waals surface area (Å²) in [5.74, 6) is -0.799. The second-order valence-electron chi connectivity index (χ2n) is 14.2. The van der Waals surface area contributed by atoms with E-state index < -0.39 is 32.5 Å². The molecule has 1 amide bonds. The Morgan fingerprint density at radius 2 is 0.981 bits per heavy atom. The summed E-state index contributed by atoms with van der Waals surface area (Å²) in [4.78, 5) is 48.9. The Hall–Kier alpha value is -0.130. The van der Waals surface area contributed by atoms with Gasteiger partial charge in [-0.3, -0.25) is 18.9 Å². The topological polar surface area (TPSA) is 140 Å². The van der Waals surface area contributed by atoms with Gasteiger partial charge in [0.15, 0.2) is 6.10 Å². The van der Waals surface area contributed by atoms with Crippen LogP contribution in [0.25, 0.3) is 0 Å². The molecule has 0 fully saturated rings. The third-order valence-corrected chi connectivity index (χ3v) is 10.3. The zero-order valence-corrected chi connectivity index (χ0v) is 38.0. The number of hydrogen-bond acceptors (Lipinski definition) is 10. The molecule has 0 saturated carbocycles.